The van der Waals surface area contributed by atoms with E-state index >= 15 is 4.39 Å². The summed E-state index contributed by atoms with van der Waals surface area (Å²) in [7, 11) is 0. The van der Waals surface area contributed by atoms with E-state index < -0.39 is 5.82 Å². The summed E-state index contributed by atoms with van der Waals surface area (Å²) in [6, 6.07) is 6.73. The predicted molar refractivity (Wildman–Crippen MR) is 129 cm³/mol. The molecule has 3 aromatic heterocycles. The van der Waals surface area contributed by atoms with Crippen molar-refractivity contribution in [3.05, 3.63) is 80.4 Å². The number of rotatable bonds is 4. The van der Waals surface area contributed by atoms with Crippen LogP contribution in [0.15, 0.2) is 41.5 Å². The molecule has 7 rings (SSSR count). The maximum atomic E-state index is 15.1. The highest BCUT2D eigenvalue weighted by Gasteiger charge is 2.31. The molecular formula is C26H23ClFN5O3. The fourth-order valence-electron chi connectivity index (χ4n) is 5.19. The third-order valence-corrected chi connectivity index (χ3v) is 7.52. The number of benzene rings is 1. The minimum atomic E-state index is -0.547. The highest BCUT2D eigenvalue weighted by Crippen LogP contribution is 2.40. The van der Waals surface area contributed by atoms with Crippen LogP contribution in [0.3, 0.4) is 0 Å². The largest absolute Gasteiger partial charge is 0.373 e. The van der Waals surface area contributed by atoms with Crippen LogP contribution < -0.4 is 5.56 Å². The van der Waals surface area contributed by atoms with Gasteiger partial charge in [0.1, 0.15) is 11.5 Å². The Morgan fingerprint density at radius 3 is 2.83 bits per heavy atom. The van der Waals surface area contributed by atoms with Crippen molar-refractivity contribution in [1.29, 1.82) is 0 Å². The summed E-state index contributed by atoms with van der Waals surface area (Å²) in [4.78, 5) is 23.0. The van der Waals surface area contributed by atoms with E-state index in [1.807, 2.05) is 16.9 Å². The van der Waals surface area contributed by atoms with Crippen LogP contribution in [0.25, 0.3) is 17.0 Å². The van der Waals surface area contributed by atoms with E-state index in [0.717, 1.165) is 17.7 Å². The van der Waals surface area contributed by atoms with Gasteiger partial charge in [-0.3, -0.25) is 9.48 Å². The van der Waals surface area contributed by atoms with Crippen LogP contribution in [-0.4, -0.2) is 30.8 Å². The highest BCUT2D eigenvalue weighted by molar-refractivity contribution is 6.30. The van der Waals surface area contributed by atoms with Gasteiger partial charge in [0, 0.05) is 41.1 Å². The van der Waals surface area contributed by atoms with Crippen LogP contribution in [0, 0.1) is 5.82 Å². The van der Waals surface area contributed by atoms with E-state index in [2.05, 4.69) is 11.3 Å². The third-order valence-electron chi connectivity index (χ3n) is 7.29. The Hall–Kier alpha value is -3.14. The molecule has 10 heteroatoms. The van der Waals surface area contributed by atoms with Gasteiger partial charge in [0.25, 0.3) is 5.56 Å². The van der Waals surface area contributed by atoms with Gasteiger partial charge in [0.05, 0.1) is 48.4 Å². The number of hydrogen-bond donors (Lipinski definition) is 0. The molecule has 0 radical (unpaired) electrons. The van der Waals surface area contributed by atoms with Gasteiger partial charge < -0.3 is 9.47 Å². The third kappa shape index (κ3) is 3.73. The number of nitrogens with zero attached hydrogens (tertiary/aromatic N) is 5. The number of fused-ring (bicyclic) bond motifs is 2. The van der Waals surface area contributed by atoms with Gasteiger partial charge in [-0.2, -0.15) is 5.10 Å². The average Bonchev–Trinajstić information content (AvgIpc) is 3.41. The first-order valence-corrected chi connectivity index (χ1v) is 12.6. The molecule has 1 saturated heterocycles. The quantitative estimate of drug-likeness (QED) is 0.396. The first-order valence-electron chi connectivity index (χ1n) is 12.2. The van der Waals surface area contributed by atoms with Crippen molar-refractivity contribution >= 4 is 17.2 Å². The summed E-state index contributed by atoms with van der Waals surface area (Å²) in [5, 5.41) is 4.79. The van der Waals surface area contributed by atoms with Gasteiger partial charge in [0.15, 0.2) is 5.82 Å². The Bertz CT molecular complexity index is 1560. The maximum absolute atomic E-state index is 15.1. The Morgan fingerprint density at radius 2 is 2.00 bits per heavy atom. The summed E-state index contributed by atoms with van der Waals surface area (Å²) >= 11 is 6.00. The summed E-state index contributed by atoms with van der Waals surface area (Å²) < 4.78 is 30.1. The van der Waals surface area contributed by atoms with Gasteiger partial charge >= 0.3 is 0 Å². The Morgan fingerprint density at radius 1 is 1.11 bits per heavy atom. The summed E-state index contributed by atoms with van der Waals surface area (Å²) in [5.41, 5.74) is 3.27. The van der Waals surface area contributed by atoms with Gasteiger partial charge in [-0.05, 0) is 43.9 Å². The Balaban J connectivity index is 1.34. The fourth-order valence-corrected chi connectivity index (χ4v) is 5.35. The summed E-state index contributed by atoms with van der Waals surface area (Å²) in [6.45, 7) is 1.04. The number of halogens is 2. The number of hydrogen-bond acceptors (Lipinski definition) is 6. The van der Waals surface area contributed by atoms with Crippen molar-refractivity contribution in [1.82, 2.24) is 24.1 Å². The van der Waals surface area contributed by atoms with E-state index in [4.69, 9.17) is 31.0 Å². The van der Waals surface area contributed by atoms with Crippen molar-refractivity contribution in [3.8, 4) is 11.4 Å². The molecule has 184 valence electrons. The van der Waals surface area contributed by atoms with Crippen LogP contribution >= 0.6 is 11.6 Å². The molecule has 1 aromatic carbocycles. The normalized spacial score (nSPS) is 21.7. The molecule has 2 aliphatic heterocycles. The zero-order valence-electron chi connectivity index (χ0n) is 19.4. The van der Waals surface area contributed by atoms with Crippen LogP contribution in [0.2, 0.25) is 5.02 Å². The molecule has 5 heterocycles. The van der Waals surface area contributed by atoms with E-state index in [9.17, 15) is 4.79 Å². The van der Waals surface area contributed by atoms with Gasteiger partial charge in [-0.15, -0.1) is 0 Å². The Kier molecular flexibility index (Phi) is 5.20. The van der Waals surface area contributed by atoms with Crippen molar-refractivity contribution < 1.29 is 13.9 Å². The van der Waals surface area contributed by atoms with Crippen LogP contribution in [0.4, 0.5) is 4.39 Å². The van der Waals surface area contributed by atoms with E-state index in [0.29, 0.717) is 36.0 Å². The molecule has 0 amide bonds. The molecule has 8 nitrogen and oxygen atoms in total. The topological polar surface area (TPSA) is 83.5 Å². The molecule has 2 atom stereocenters. The highest BCUT2D eigenvalue weighted by atomic mass is 35.5. The van der Waals surface area contributed by atoms with Crippen LogP contribution in [-0.2, 0) is 22.7 Å². The predicted octanol–water partition coefficient (Wildman–Crippen LogP) is 4.75. The zero-order chi connectivity index (χ0) is 24.4. The fraction of sp³-hybridized carbons (Fsp3) is 0.385. The van der Waals surface area contributed by atoms with Crippen LogP contribution in [0.5, 0.6) is 0 Å². The average molecular weight is 508 g/mol. The lowest BCUT2D eigenvalue weighted by Crippen LogP contribution is -2.25. The van der Waals surface area contributed by atoms with E-state index in [1.54, 1.807) is 12.1 Å². The Labute approximate surface area is 210 Å². The summed E-state index contributed by atoms with van der Waals surface area (Å²) in [6.07, 6.45) is 7.67. The molecule has 1 aliphatic carbocycles. The van der Waals surface area contributed by atoms with Crippen molar-refractivity contribution in [2.24, 2.45) is 0 Å². The first-order chi connectivity index (χ1) is 17.5. The molecule has 0 N–H and O–H groups in total. The minimum Gasteiger partial charge on any atom is -0.373 e. The molecule has 0 spiro atoms. The first kappa shape index (κ1) is 22.1. The van der Waals surface area contributed by atoms with Gasteiger partial charge in [-0.25, -0.2) is 18.8 Å². The van der Waals surface area contributed by atoms with Crippen molar-refractivity contribution in [3.63, 3.8) is 0 Å². The van der Waals surface area contributed by atoms with Gasteiger partial charge in [0.2, 0.25) is 0 Å². The lowest BCUT2D eigenvalue weighted by Gasteiger charge is -2.29. The van der Waals surface area contributed by atoms with Gasteiger partial charge in [-0.1, -0.05) is 11.6 Å². The van der Waals surface area contributed by atoms with Crippen molar-refractivity contribution in [2.45, 2.75) is 57.0 Å². The molecule has 0 bridgehead atoms. The SMILES string of the molecule is O=c1c2c(nc3cc([C@@H]4CCO[C@H](c5cnn(C6CC6)c5)C4)nc(-c4ccc(Cl)cc4F)n13)COC2. The van der Waals surface area contributed by atoms with Crippen molar-refractivity contribution in [2.75, 3.05) is 6.61 Å². The zero-order valence-corrected chi connectivity index (χ0v) is 20.1. The molecule has 3 aliphatic rings. The van der Waals surface area contributed by atoms with Crippen LogP contribution in [0.1, 0.15) is 66.3 Å². The standard InChI is InChI=1S/C26H23ClFN5O3/c27-16-1-4-18(20(28)8-16)25-31-21(9-24-30-22-13-35-12-19(22)26(34)33(24)25)14-5-6-36-23(7-14)15-10-29-32(11-15)17-2-3-17/h1,4,8-11,14,17,23H,2-3,5-7,12-13H2/t14-,23+/m1/s1. The summed E-state index contributed by atoms with van der Waals surface area (Å²) in [5.74, 6) is -0.281. The van der Waals surface area contributed by atoms with E-state index in [-0.39, 0.29) is 47.2 Å². The molecule has 4 aromatic rings. The molecule has 2 fully saturated rings. The second-order valence-electron chi connectivity index (χ2n) is 9.72. The lowest BCUT2D eigenvalue weighted by molar-refractivity contribution is 0.00460. The molecule has 36 heavy (non-hydrogen) atoms. The minimum absolute atomic E-state index is 0.0496. The smallest absolute Gasteiger partial charge is 0.265 e. The van der Waals surface area contributed by atoms with E-state index in [1.165, 1.54) is 23.3 Å². The second kappa shape index (κ2) is 8.47. The molecule has 1 saturated carbocycles. The number of aromatic nitrogens is 5. The molecule has 0 unspecified atom stereocenters. The molecular weight excluding hydrogens is 485 g/mol. The maximum Gasteiger partial charge on any atom is 0.265 e. The second-order valence-corrected chi connectivity index (χ2v) is 10.2. The lowest BCUT2D eigenvalue weighted by atomic mass is 9.90. The number of ether oxygens (including phenoxy) is 2. The monoisotopic (exact) mass is 507 g/mol.